The molecule has 2 N–H and O–H groups in total. The van der Waals surface area contributed by atoms with E-state index in [1.54, 1.807) is 6.20 Å². The van der Waals surface area contributed by atoms with Crippen molar-refractivity contribution in [3.05, 3.63) is 78.0 Å². The van der Waals surface area contributed by atoms with Crippen LogP contribution in [0.15, 0.2) is 66.9 Å². The molecule has 1 amide bonds. The van der Waals surface area contributed by atoms with Crippen LogP contribution in [0.25, 0.3) is 11.1 Å². The van der Waals surface area contributed by atoms with Gasteiger partial charge < -0.3 is 20.3 Å². The number of pyridine rings is 1. The number of hydrogen-bond donors (Lipinski definition) is 1. The molecule has 0 aliphatic carbocycles. The Morgan fingerprint density at radius 2 is 1.71 bits per heavy atom. The van der Waals surface area contributed by atoms with Crippen LogP contribution in [0.1, 0.15) is 22.8 Å². The molecule has 4 rings (SSSR count). The lowest BCUT2D eigenvalue weighted by Gasteiger charge is -2.34. The normalized spacial score (nSPS) is 14.4. The Labute approximate surface area is 183 Å². The smallest absolute Gasteiger partial charge is 0.253 e. The van der Waals surface area contributed by atoms with Crippen molar-refractivity contribution in [1.82, 2.24) is 14.8 Å². The van der Waals surface area contributed by atoms with Crippen molar-refractivity contribution < 1.29 is 9.53 Å². The number of nitrogens with zero attached hydrogens (tertiary/aromatic N) is 3. The number of hydrogen-bond acceptors (Lipinski definition) is 5. The zero-order chi connectivity index (χ0) is 21.6. The van der Waals surface area contributed by atoms with Crippen molar-refractivity contribution in [2.75, 3.05) is 38.5 Å². The van der Waals surface area contributed by atoms with Crippen molar-refractivity contribution in [3.63, 3.8) is 0 Å². The Bertz CT molecular complexity index is 1010. The number of nitrogens with two attached hydrogens (primary N) is 1. The summed E-state index contributed by atoms with van der Waals surface area (Å²) < 4.78 is 5.89. The van der Waals surface area contributed by atoms with E-state index >= 15 is 0 Å². The second kappa shape index (κ2) is 9.62. The highest BCUT2D eigenvalue weighted by Gasteiger charge is 2.21. The van der Waals surface area contributed by atoms with Gasteiger partial charge in [-0.2, -0.15) is 0 Å². The van der Waals surface area contributed by atoms with E-state index in [2.05, 4.69) is 16.8 Å². The molecule has 1 aliphatic rings. The molecule has 1 fully saturated rings. The molecule has 0 atom stereocenters. The Morgan fingerprint density at radius 1 is 1.00 bits per heavy atom. The average Bonchev–Trinajstić information content (AvgIpc) is 2.84. The van der Waals surface area contributed by atoms with Gasteiger partial charge in [0.15, 0.2) is 11.6 Å². The molecule has 1 aromatic heterocycles. The lowest BCUT2D eigenvalue weighted by Crippen LogP contribution is -2.48. The van der Waals surface area contributed by atoms with Gasteiger partial charge in [0.05, 0.1) is 0 Å². The van der Waals surface area contributed by atoms with Gasteiger partial charge in [0.1, 0.15) is 6.61 Å². The van der Waals surface area contributed by atoms with Crippen molar-refractivity contribution in [2.45, 2.75) is 13.5 Å². The molecule has 1 saturated heterocycles. The third-order valence-electron chi connectivity index (χ3n) is 5.69. The van der Waals surface area contributed by atoms with E-state index in [1.807, 2.05) is 65.6 Å². The molecular weight excluding hydrogens is 388 g/mol. The summed E-state index contributed by atoms with van der Waals surface area (Å²) in [7, 11) is 0. The molecule has 0 spiro atoms. The van der Waals surface area contributed by atoms with Crippen LogP contribution in [0, 0.1) is 0 Å². The third kappa shape index (κ3) is 5.03. The number of rotatable bonds is 6. The van der Waals surface area contributed by atoms with E-state index in [0.29, 0.717) is 23.7 Å². The summed E-state index contributed by atoms with van der Waals surface area (Å²) in [5, 5.41) is 0. The maximum absolute atomic E-state index is 12.8. The van der Waals surface area contributed by atoms with E-state index in [-0.39, 0.29) is 5.91 Å². The van der Waals surface area contributed by atoms with Crippen LogP contribution in [-0.4, -0.2) is 53.4 Å². The molecule has 1 aliphatic heterocycles. The molecular formula is C25H28N4O2. The fraction of sp³-hybridized carbons (Fsp3) is 0.280. The molecule has 2 heterocycles. The van der Waals surface area contributed by atoms with E-state index in [0.717, 1.165) is 49.4 Å². The van der Waals surface area contributed by atoms with Crippen molar-refractivity contribution in [3.8, 4) is 16.9 Å². The Balaban J connectivity index is 1.44. The number of piperazine rings is 1. The summed E-state index contributed by atoms with van der Waals surface area (Å²) >= 11 is 0. The average molecular weight is 417 g/mol. The van der Waals surface area contributed by atoms with E-state index in [1.165, 1.54) is 0 Å². The Morgan fingerprint density at radius 3 is 2.39 bits per heavy atom. The highest BCUT2D eigenvalue weighted by Crippen LogP contribution is 2.28. The van der Waals surface area contributed by atoms with Crippen LogP contribution in [0.2, 0.25) is 0 Å². The topological polar surface area (TPSA) is 71.7 Å². The first kappa shape index (κ1) is 20.9. The first-order valence-corrected chi connectivity index (χ1v) is 10.7. The highest BCUT2D eigenvalue weighted by atomic mass is 16.5. The zero-order valence-electron chi connectivity index (χ0n) is 17.8. The SMILES string of the molecule is CCN1CCN(C(=O)c2ccc(-c3cnc(N)c(OCc4ccccc4)c3)cc2)CC1. The Hall–Kier alpha value is -3.38. The maximum Gasteiger partial charge on any atom is 0.253 e. The molecule has 2 aromatic carbocycles. The zero-order valence-corrected chi connectivity index (χ0v) is 17.8. The number of benzene rings is 2. The highest BCUT2D eigenvalue weighted by molar-refractivity contribution is 5.94. The molecule has 31 heavy (non-hydrogen) atoms. The summed E-state index contributed by atoms with van der Waals surface area (Å²) in [5.74, 6) is 0.998. The molecule has 0 unspecified atom stereocenters. The van der Waals surface area contributed by atoms with Gasteiger partial charge in [-0.15, -0.1) is 0 Å². The second-order valence-electron chi connectivity index (χ2n) is 7.69. The van der Waals surface area contributed by atoms with Crippen LogP contribution in [0.3, 0.4) is 0 Å². The standard InChI is InChI=1S/C25H28N4O2/c1-2-28-12-14-29(15-13-28)25(30)21-10-8-20(9-11-21)22-16-23(24(26)27-17-22)31-18-19-6-4-3-5-7-19/h3-11,16-17H,2,12-15,18H2,1H3,(H2,26,27). The lowest BCUT2D eigenvalue weighted by atomic mass is 10.0. The quantitative estimate of drug-likeness (QED) is 0.664. The summed E-state index contributed by atoms with van der Waals surface area (Å²) in [6.45, 7) is 7.03. The Kier molecular flexibility index (Phi) is 6.48. The van der Waals surface area contributed by atoms with Gasteiger partial charge in [0.2, 0.25) is 0 Å². The van der Waals surface area contributed by atoms with Crippen LogP contribution in [0.5, 0.6) is 5.75 Å². The predicted molar refractivity (Wildman–Crippen MR) is 123 cm³/mol. The molecule has 160 valence electrons. The molecule has 6 nitrogen and oxygen atoms in total. The van der Waals surface area contributed by atoms with Gasteiger partial charge in [0, 0.05) is 43.5 Å². The summed E-state index contributed by atoms with van der Waals surface area (Å²) in [5.41, 5.74) is 9.64. The summed E-state index contributed by atoms with van der Waals surface area (Å²) in [4.78, 5) is 21.4. The van der Waals surface area contributed by atoms with Gasteiger partial charge in [0.25, 0.3) is 5.91 Å². The van der Waals surface area contributed by atoms with Gasteiger partial charge in [-0.3, -0.25) is 4.79 Å². The summed E-state index contributed by atoms with van der Waals surface area (Å²) in [6.07, 6.45) is 1.73. The molecule has 0 radical (unpaired) electrons. The second-order valence-corrected chi connectivity index (χ2v) is 7.69. The first-order valence-electron chi connectivity index (χ1n) is 10.7. The van der Waals surface area contributed by atoms with E-state index in [4.69, 9.17) is 10.5 Å². The number of anilines is 1. The van der Waals surface area contributed by atoms with Gasteiger partial charge in [-0.1, -0.05) is 49.4 Å². The predicted octanol–water partition coefficient (Wildman–Crippen LogP) is 3.69. The number of ether oxygens (including phenoxy) is 1. The van der Waals surface area contributed by atoms with Crippen LogP contribution in [-0.2, 0) is 6.61 Å². The number of carbonyl (C=O) groups excluding carboxylic acids is 1. The van der Waals surface area contributed by atoms with Crippen molar-refractivity contribution >= 4 is 11.7 Å². The molecule has 0 saturated carbocycles. The molecule has 6 heteroatoms. The number of amides is 1. The van der Waals surface area contributed by atoms with E-state index < -0.39 is 0 Å². The van der Waals surface area contributed by atoms with Gasteiger partial charge >= 0.3 is 0 Å². The minimum atomic E-state index is 0.0876. The maximum atomic E-state index is 12.8. The fourth-order valence-corrected chi connectivity index (χ4v) is 3.72. The minimum Gasteiger partial charge on any atom is -0.485 e. The van der Waals surface area contributed by atoms with E-state index in [9.17, 15) is 4.79 Å². The number of carbonyl (C=O) groups is 1. The lowest BCUT2D eigenvalue weighted by molar-refractivity contribution is 0.0643. The number of aromatic nitrogens is 1. The van der Waals surface area contributed by atoms with Crippen molar-refractivity contribution in [2.24, 2.45) is 0 Å². The first-order chi connectivity index (χ1) is 15.1. The molecule has 0 bridgehead atoms. The minimum absolute atomic E-state index is 0.0876. The fourth-order valence-electron chi connectivity index (χ4n) is 3.72. The third-order valence-corrected chi connectivity index (χ3v) is 5.69. The van der Waals surface area contributed by atoms with Crippen LogP contribution in [0.4, 0.5) is 5.82 Å². The van der Waals surface area contributed by atoms with Crippen LogP contribution < -0.4 is 10.5 Å². The van der Waals surface area contributed by atoms with Gasteiger partial charge in [-0.25, -0.2) is 4.98 Å². The molecule has 3 aromatic rings. The van der Waals surface area contributed by atoms with Gasteiger partial charge in [-0.05, 0) is 35.9 Å². The number of likely N-dealkylation sites (N-methyl/N-ethyl adjacent to an activating group) is 1. The summed E-state index contributed by atoms with van der Waals surface area (Å²) in [6, 6.07) is 19.5. The largest absolute Gasteiger partial charge is 0.485 e. The monoisotopic (exact) mass is 416 g/mol. The number of nitrogen functional groups attached to an aromatic ring is 1. The van der Waals surface area contributed by atoms with Crippen molar-refractivity contribution in [1.29, 1.82) is 0 Å². The van der Waals surface area contributed by atoms with Crippen LogP contribution >= 0.6 is 0 Å².